The lowest BCUT2D eigenvalue weighted by Crippen LogP contribution is -2.37. The predicted octanol–water partition coefficient (Wildman–Crippen LogP) is 2.40. The van der Waals surface area contributed by atoms with E-state index in [2.05, 4.69) is 65.8 Å². The maximum Gasteiger partial charge on any atom is 0.191 e. The van der Waals surface area contributed by atoms with Crippen molar-refractivity contribution in [2.45, 2.75) is 26.6 Å². The molecule has 0 fully saturated rings. The predicted molar refractivity (Wildman–Crippen MR) is 99.7 cm³/mol. The molecule has 1 aromatic carbocycles. The molecule has 24 heavy (non-hydrogen) atoms. The van der Waals surface area contributed by atoms with Gasteiger partial charge in [-0.3, -0.25) is 4.98 Å². The fourth-order valence-electron chi connectivity index (χ4n) is 2.39. The number of aromatic nitrogens is 1. The summed E-state index contributed by atoms with van der Waals surface area (Å²) < 4.78 is 0. The van der Waals surface area contributed by atoms with E-state index in [0.717, 1.165) is 24.7 Å². The second-order valence-electron chi connectivity index (χ2n) is 5.88. The third kappa shape index (κ3) is 6.01. The molecule has 0 saturated carbocycles. The Labute approximate surface area is 144 Å². The molecule has 0 saturated heterocycles. The molecule has 5 heteroatoms. The van der Waals surface area contributed by atoms with Gasteiger partial charge in [0.25, 0.3) is 0 Å². The van der Waals surface area contributed by atoms with E-state index in [9.17, 15) is 0 Å². The number of aliphatic imine (C=N–C) groups is 1. The maximum absolute atomic E-state index is 4.71. The number of pyridine rings is 1. The monoisotopic (exact) mass is 325 g/mol. The normalized spacial score (nSPS) is 11.6. The van der Waals surface area contributed by atoms with Crippen LogP contribution in [-0.4, -0.2) is 36.5 Å². The van der Waals surface area contributed by atoms with Gasteiger partial charge in [0.05, 0.1) is 18.8 Å². The first kappa shape index (κ1) is 17.9. The van der Waals surface area contributed by atoms with E-state index in [4.69, 9.17) is 4.99 Å². The second kappa shape index (κ2) is 9.67. The van der Waals surface area contributed by atoms with Crippen LogP contribution < -0.4 is 10.6 Å². The number of hydrogen-bond acceptors (Lipinski definition) is 3. The van der Waals surface area contributed by atoms with E-state index < -0.39 is 0 Å². The third-order valence-electron chi connectivity index (χ3n) is 3.52. The molecule has 1 heterocycles. The Morgan fingerprint density at radius 3 is 2.46 bits per heavy atom. The lowest BCUT2D eigenvalue weighted by atomic mass is 10.1. The lowest BCUT2D eigenvalue weighted by molar-refractivity contribution is 0.401. The van der Waals surface area contributed by atoms with Crippen molar-refractivity contribution in [2.75, 3.05) is 20.6 Å². The highest BCUT2D eigenvalue weighted by molar-refractivity contribution is 5.79. The summed E-state index contributed by atoms with van der Waals surface area (Å²) in [4.78, 5) is 11.2. The summed E-state index contributed by atoms with van der Waals surface area (Å²) in [6.45, 7) is 5.13. The minimum atomic E-state index is 0.654. The lowest BCUT2D eigenvalue weighted by Gasteiger charge is -2.14. The van der Waals surface area contributed by atoms with Crippen LogP contribution in [0.25, 0.3) is 0 Å². The summed E-state index contributed by atoms with van der Waals surface area (Å²) in [5.41, 5.74) is 3.56. The van der Waals surface area contributed by atoms with E-state index in [1.54, 1.807) is 6.20 Å². The van der Waals surface area contributed by atoms with Crippen LogP contribution in [0.2, 0.25) is 0 Å². The van der Waals surface area contributed by atoms with Crippen LogP contribution in [0.15, 0.2) is 53.7 Å². The van der Waals surface area contributed by atoms with Crippen molar-refractivity contribution in [1.29, 1.82) is 0 Å². The van der Waals surface area contributed by atoms with Crippen molar-refractivity contribution in [1.82, 2.24) is 20.5 Å². The molecule has 0 spiro atoms. The molecule has 0 unspecified atom stereocenters. The van der Waals surface area contributed by atoms with Crippen LogP contribution in [0.1, 0.15) is 23.7 Å². The highest BCUT2D eigenvalue weighted by atomic mass is 15.2. The van der Waals surface area contributed by atoms with Crippen LogP contribution in [-0.2, 0) is 19.6 Å². The molecular formula is C19H27N5. The third-order valence-corrected chi connectivity index (χ3v) is 3.52. The first-order valence-electron chi connectivity index (χ1n) is 8.32. The van der Waals surface area contributed by atoms with Gasteiger partial charge >= 0.3 is 0 Å². The largest absolute Gasteiger partial charge is 0.357 e. The van der Waals surface area contributed by atoms with Crippen LogP contribution in [0, 0.1) is 0 Å². The van der Waals surface area contributed by atoms with Gasteiger partial charge in [-0.05, 0) is 44.3 Å². The average Bonchev–Trinajstić information content (AvgIpc) is 2.59. The first-order valence-corrected chi connectivity index (χ1v) is 8.32. The summed E-state index contributed by atoms with van der Waals surface area (Å²) in [5, 5.41) is 6.62. The molecule has 0 radical (unpaired) electrons. The van der Waals surface area contributed by atoms with E-state index in [1.165, 1.54) is 11.1 Å². The summed E-state index contributed by atoms with van der Waals surface area (Å²) in [6, 6.07) is 14.4. The minimum Gasteiger partial charge on any atom is -0.357 e. The molecule has 5 nitrogen and oxygen atoms in total. The molecule has 0 aliphatic carbocycles. The number of benzene rings is 1. The number of hydrogen-bond donors (Lipinski definition) is 2. The highest BCUT2D eigenvalue weighted by Crippen LogP contribution is 2.11. The molecule has 0 aliphatic rings. The Balaban J connectivity index is 2.03. The van der Waals surface area contributed by atoms with Gasteiger partial charge in [-0.15, -0.1) is 0 Å². The molecule has 2 aromatic rings. The van der Waals surface area contributed by atoms with Crippen LogP contribution in [0.5, 0.6) is 0 Å². The van der Waals surface area contributed by atoms with Crippen LogP contribution >= 0.6 is 0 Å². The quantitative estimate of drug-likeness (QED) is 0.606. The fraction of sp³-hybridized carbons (Fsp3) is 0.368. The summed E-state index contributed by atoms with van der Waals surface area (Å²) in [6.07, 6.45) is 1.80. The van der Waals surface area contributed by atoms with Gasteiger partial charge < -0.3 is 15.5 Å². The van der Waals surface area contributed by atoms with E-state index in [0.29, 0.717) is 13.1 Å². The zero-order valence-electron chi connectivity index (χ0n) is 14.8. The van der Waals surface area contributed by atoms with Crippen molar-refractivity contribution in [3.63, 3.8) is 0 Å². The minimum absolute atomic E-state index is 0.654. The van der Waals surface area contributed by atoms with Crippen LogP contribution in [0.4, 0.5) is 0 Å². The van der Waals surface area contributed by atoms with Crippen molar-refractivity contribution >= 4 is 5.96 Å². The highest BCUT2D eigenvalue weighted by Gasteiger charge is 2.04. The number of guanidine groups is 1. The number of nitrogens with zero attached hydrogens (tertiary/aromatic N) is 3. The molecule has 1 aromatic heterocycles. The molecule has 128 valence electrons. The number of nitrogens with one attached hydrogen (secondary N) is 2. The SMILES string of the molecule is CCNC(=NCc1ccccc1CN(C)C)NCc1ccccn1. The van der Waals surface area contributed by atoms with Gasteiger partial charge in [0.15, 0.2) is 5.96 Å². The van der Waals surface area contributed by atoms with Gasteiger partial charge in [0, 0.05) is 19.3 Å². The smallest absolute Gasteiger partial charge is 0.191 e. The molecule has 0 amide bonds. The molecule has 0 atom stereocenters. The summed E-state index contributed by atoms with van der Waals surface area (Å²) >= 11 is 0. The van der Waals surface area contributed by atoms with Gasteiger partial charge in [-0.25, -0.2) is 4.99 Å². The van der Waals surface area contributed by atoms with Gasteiger partial charge in [0.1, 0.15) is 0 Å². The summed E-state index contributed by atoms with van der Waals surface area (Å²) in [7, 11) is 4.16. The fourth-order valence-corrected chi connectivity index (χ4v) is 2.39. The van der Waals surface area contributed by atoms with Crippen molar-refractivity contribution in [3.05, 3.63) is 65.5 Å². The van der Waals surface area contributed by atoms with Gasteiger partial charge in [-0.2, -0.15) is 0 Å². The molecule has 0 bridgehead atoms. The number of rotatable bonds is 7. The Morgan fingerprint density at radius 2 is 1.79 bits per heavy atom. The van der Waals surface area contributed by atoms with E-state index in [-0.39, 0.29) is 0 Å². The Kier molecular flexibility index (Phi) is 7.23. The molecule has 0 aliphatic heterocycles. The average molecular weight is 325 g/mol. The maximum atomic E-state index is 4.71. The van der Waals surface area contributed by atoms with Gasteiger partial charge in [0.2, 0.25) is 0 Å². The molecular weight excluding hydrogens is 298 g/mol. The van der Waals surface area contributed by atoms with E-state index >= 15 is 0 Å². The Hall–Kier alpha value is -2.40. The van der Waals surface area contributed by atoms with Crippen molar-refractivity contribution < 1.29 is 0 Å². The van der Waals surface area contributed by atoms with Crippen molar-refractivity contribution in [3.8, 4) is 0 Å². The first-order chi connectivity index (χ1) is 11.7. The van der Waals surface area contributed by atoms with Crippen molar-refractivity contribution in [2.24, 2.45) is 4.99 Å². The van der Waals surface area contributed by atoms with E-state index in [1.807, 2.05) is 18.2 Å². The zero-order valence-corrected chi connectivity index (χ0v) is 14.8. The molecule has 2 N–H and O–H groups in total. The molecule has 2 rings (SSSR count). The summed E-state index contributed by atoms with van der Waals surface area (Å²) in [5.74, 6) is 0.808. The topological polar surface area (TPSA) is 52.6 Å². The van der Waals surface area contributed by atoms with Gasteiger partial charge in [-0.1, -0.05) is 30.3 Å². The standard InChI is InChI=1S/C19H27N5/c1-4-20-19(23-14-18-11-7-8-12-21-18)22-13-16-9-5-6-10-17(16)15-24(2)3/h5-12H,4,13-15H2,1-3H3,(H2,20,22,23). The van der Waals surface area contributed by atoms with Crippen LogP contribution in [0.3, 0.4) is 0 Å². The Morgan fingerprint density at radius 1 is 1.04 bits per heavy atom. The Bertz CT molecular complexity index is 637. The zero-order chi connectivity index (χ0) is 17.2. The second-order valence-corrected chi connectivity index (χ2v) is 5.88.